The number of benzene rings is 1. The van der Waals surface area contributed by atoms with Crippen molar-refractivity contribution in [1.29, 1.82) is 0 Å². The van der Waals surface area contributed by atoms with Gasteiger partial charge < -0.3 is 20.5 Å². The SMILES string of the molecule is COc1cc2c(cc1N)CCN1CC(c3cc(C)ccn3)C(NC(=O)OC(C)(C)C)CC21. The number of nitrogens with two attached hydrogens (primary N) is 1. The molecule has 2 aliphatic rings. The summed E-state index contributed by atoms with van der Waals surface area (Å²) in [6.45, 7) is 9.47. The number of fused-ring (bicyclic) bond motifs is 3. The number of aromatic nitrogens is 1. The largest absolute Gasteiger partial charge is 0.495 e. The van der Waals surface area contributed by atoms with E-state index in [1.807, 2.05) is 39.1 Å². The molecule has 2 aliphatic heterocycles. The predicted octanol–water partition coefficient (Wildman–Crippen LogP) is 3.96. The average Bonchev–Trinajstić information content (AvgIpc) is 2.71. The molecule has 172 valence electrons. The molecule has 0 radical (unpaired) electrons. The third-order valence-electron chi connectivity index (χ3n) is 6.37. The van der Waals surface area contributed by atoms with E-state index in [4.69, 9.17) is 15.2 Å². The maximum atomic E-state index is 12.7. The molecule has 4 rings (SSSR count). The summed E-state index contributed by atoms with van der Waals surface area (Å²) in [5, 5.41) is 3.16. The molecule has 7 nitrogen and oxygen atoms in total. The predicted molar refractivity (Wildman–Crippen MR) is 125 cm³/mol. The molecule has 32 heavy (non-hydrogen) atoms. The molecule has 1 saturated heterocycles. The van der Waals surface area contributed by atoms with E-state index in [9.17, 15) is 4.79 Å². The number of hydrogen-bond donors (Lipinski definition) is 2. The molecule has 0 bridgehead atoms. The Morgan fingerprint density at radius 1 is 1.28 bits per heavy atom. The van der Waals surface area contributed by atoms with Crippen molar-refractivity contribution in [3.05, 3.63) is 52.8 Å². The van der Waals surface area contributed by atoms with Crippen molar-refractivity contribution in [3.63, 3.8) is 0 Å². The normalized spacial score (nSPS) is 23.1. The second kappa shape index (κ2) is 8.62. The van der Waals surface area contributed by atoms with Gasteiger partial charge in [-0.15, -0.1) is 0 Å². The number of amides is 1. The molecule has 3 atom stereocenters. The fraction of sp³-hybridized carbons (Fsp3) is 0.520. The number of aryl methyl sites for hydroxylation is 1. The molecule has 3 heterocycles. The van der Waals surface area contributed by atoms with Crippen molar-refractivity contribution in [3.8, 4) is 5.75 Å². The standard InChI is InChI=1S/C25H34N4O3/c1-15-6-8-27-20(10-15)18-14-29-9-7-16-11-19(26)23(31-5)12-17(16)22(29)13-21(18)28-24(30)32-25(2,3)4/h6,8,10-12,18,21-22H,7,9,13-14,26H2,1-5H3,(H,28,30). The van der Waals surface area contributed by atoms with Gasteiger partial charge in [0.15, 0.2) is 0 Å². The number of anilines is 1. The van der Waals surface area contributed by atoms with Gasteiger partial charge in [0, 0.05) is 43.0 Å². The number of rotatable bonds is 3. The topological polar surface area (TPSA) is 89.7 Å². The smallest absolute Gasteiger partial charge is 0.407 e. The van der Waals surface area contributed by atoms with Crippen molar-refractivity contribution >= 4 is 11.8 Å². The number of nitrogens with zero attached hydrogens (tertiary/aromatic N) is 2. The monoisotopic (exact) mass is 438 g/mol. The quantitative estimate of drug-likeness (QED) is 0.705. The highest BCUT2D eigenvalue weighted by Gasteiger charge is 2.41. The molecule has 3 unspecified atom stereocenters. The number of pyridine rings is 1. The zero-order chi connectivity index (χ0) is 23.0. The lowest BCUT2D eigenvalue weighted by atomic mass is 9.79. The first-order valence-corrected chi connectivity index (χ1v) is 11.3. The zero-order valence-corrected chi connectivity index (χ0v) is 19.6. The summed E-state index contributed by atoms with van der Waals surface area (Å²) in [5.41, 5.74) is 10.9. The first kappa shape index (κ1) is 22.4. The Kier molecular flexibility index (Phi) is 6.03. The maximum absolute atomic E-state index is 12.7. The number of alkyl carbamates (subject to hydrolysis) is 1. The van der Waals surface area contributed by atoms with Crippen LogP contribution >= 0.6 is 0 Å². The Balaban J connectivity index is 1.67. The number of hydrogen-bond acceptors (Lipinski definition) is 6. The van der Waals surface area contributed by atoms with Crippen LogP contribution in [0.5, 0.6) is 5.75 Å². The molecular weight excluding hydrogens is 404 g/mol. The van der Waals surface area contributed by atoms with E-state index in [1.165, 1.54) is 11.1 Å². The third-order valence-corrected chi connectivity index (χ3v) is 6.37. The van der Waals surface area contributed by atoms with Gasteiger partial charge in [-0.3, -0.25) is 9.88 Å². The summed E-state index contributed by atoms with van der Waals surface area (Å²) >= 11 is 0. The van der Waals surface area contributed by atoms with E-state index >= 15 is 0 Å². The van der Waals surface area contributed by atoms with Crippen molar-refractivity contribution < 1.29 is 14.3 Å². The highest BCUT2D eigenvalue weighted by molar-refractivity contribution is 5.68. The van der Waals surface area contributed by atoms with Crippen LogP contribution in [0.25, 0.3) is 0 Å². The lowest BCUT2D eigenvalue weighted by Crippen LogP contribution is -2.53. The number of nitrogen functional groups attached to an aromatic ring is 1. The van der Waals surface area contributed by atoms with E-state index < -0.39 is 5.60 Å². The summed E-state index contributed by atoms with van der Waals surface area (Å²) in [6, 6.07) is 8.30. The van der Waals surface area contributed by atoms with Crippen molar-refractivity contribution in [2.24, 2.45) is 0 Å². The Morgan fingerprint density at radius 2 is 2.06 bits per heavy atom. The molecule has 0 spiro atoms. The van der Waals surface area contributed by atoms with Crippen molar-refractivity contribution in [1.82, 2.24) is 15.2 Å². The van der Waals surface area contributed by atoms with Crippen LogP contribution in [0, 0.1) is 6.92 Å². The number of carbonyl (C=O) groups is 1. The van der Waals surface area contributed by atoms with Crippen LogP contribution in [-0.2, 0) is 11.2 Å². The maximum Gasteiger partial charge on any atom is 0.407 e. The summed E-state index contributed by atoms with van der Waals surface area (Å²) < 4.78 is 11.1. The fourth-order valence-corrected chi connectivity index (χ4v) is 4.94. The van der Waals surface area contributed by atoms with Gasteiger partial charge in [0.25, 0.3) is 0 Å². The third kappa shape index (κ3) is 4.67. The molecule has 7 heteroatoms. The Labute approximate surface area is 190 Å². The van der Waals surface area contributed by atoms with Crippen molar-refractivity contribution in [2.75, 3.05) is 25.9 Å². The minimum atomic E-state index is -0.551. The van der Waals surface area contributed by atoms with E-state index in [1.54, 1.807) is 7.11 Å². The van der Waals surface area contributed by atoms with Gasteiger partial charge in [-0.2, -0.15) is 0 Å². The van der Waals surface area contributed by atoms with E-state index in [0.717, 1.165) is 37.2 Å². The van der Waals surface area contributed by atoms with Crippen LogP contribution in [0.1, 0.15) is 61.5 Å². The van der Waals surface area contributed by atoms with Crippen molar-refractivity contribution in [2.45, 2.75) is 64.1 Å². The van der Waals surface area contributed by atoms with Gasteiger partial charge in [-0.25, -0.2) is 4.79 Å². The summed E-state index contributed by atoms with van der Waals surface area (Å²) in [7, 11) is 1.64. The average molecular weight is 439 g/mol. The van der Waals surface area contributed by atoms with Crippen LogP contribution in [0.2, 0.25) is 0 Å². The van der Waals surface area contributed by atoms with Crippen LogP contribution in [0.4, 0.5) is 10.5 Å². The van der Waals surface area contributed by atoms with Gasteiger partial charge >= 0.3 is 6.09 Å². The number of carbonyl (C=O) groups excluding carboxylic acids is 1. The molecule has 1 aromatic carbocycles. The number of nitrogens with one attached hydrogen (secondary N) is 1. The van der Waals surface area contributed by atoms with Gasteiger partial charge in [-0.05, 0) is 81.5 Å². The molecule has 1 aromatic heterocycles. The number of piperidine rings is 1. The minimum Gasteiger partial charge on any atom is -0.495 e. The highest BCUT2D eigenvalue weighted by atomic mass is 16.6. The highest BCUT2D eigenvalue weighted by Crippen LogP contribution is 2.43. The molecule has 0 saturated carbocycles. The van der Waals surface area contributed by atoms with Crippen LogP contribution in [0.3, 0.4) is 0 Å². The van der Waals surface area contributed by atoms with Gasteiger partial charge in [0.2, 0.25) is 0 Å². The van der Waals surface area contributed by atoms with E-state index in [2.05, 4.69) is 34.3 Å². The van der Waals surface area contributed by atoms with Crippen LogP contribution in [0.15, 0.2) is 30.5 Å². The van der Waals surface area contributed by atoms with Gasteiger partial charge in [0.1, 0.15) is 11.4 Å². The first-order valence-electron chi connectivity index (χ1n) is 11.3. The Morgan fingerprint density at radius 3 is 2.75 bits per heavy atom. The lowest BCUT2D eigenvalue weighted by molar-refractivity contribution is 0.0411. The minimum absolute atomic E-state index is 0.0795. The second-order valence-corrected chi connectivity index (χ2v) is 9.91. The van der Waals surface area contributed by atoms with E-state index in [-0.39, 0.29) is 24.1 Å². The number of ether oxygens (including phenoxy) is 2. The van der Waals surface area contributed by atoms with E-state index in [0.29, 0.717) is 11.4 Å². The molecule has 1 fully saturated rings. The molecule has 0 aliphatic carbocycles. The number of methoxy groups -OCH3 is 1. The van der Waals surface area contributed by atoms with Crippen LogP contribution in [-0.4, -0.2) is 47.8 Å². The molecule has 2 aromatic rings. The summed E-state index contributed by atoms with van der Waals surface area (Å²) in [4.78, 5) is 19.9. The lowest BCUT2D eigenvalue weighted by Gasteiger charge is -2.47. The molecule has 3 N–H and O–H groups in total. The zero-order valence-electron chi connectivity index (χ0n) is 19.6. The molecule has 1 amide bonds. The van der Waals surface area contributed by atoms with Gasteiger partial charge in [-0.1, -0.05) is 0 Å². The Hall–Kier alpha value is -2.80. The Bertz CT molecular complexity index is 1000. The molecular formula is C25H34N4O3. The van der Waals surface area contributed by atoms with Crippen LogP contribution < -0.4 is 15.8 Å². The summed E-state index contributed by atoms with van der Waals surface area (Å²) in [6.07, 6.45) is 3.16. The first-order chi connectivity index (χ1) is 15.1. The fourth-order valence-electron chi connectivity index (χ4n) is 4.94. The summed E-state index contributed by atoms with van der Waals surface area (Å²) in [5.74, 6) is 0.778. The second-order valence-electron chi connectivity index (χ2n) is 9.91. The van der Waals surface area contributed by atoms with Gasteiger partial charge in [0.05, 0.1) is 12.8 Å².